The summed E-state index contributed by atoms with van der Waals surface area (Å²) in [4.78, 5) is 38.5. The molecule has 25 heavy (non-hydrogen) atoms. The summed E-state index contributed by atoms with van der Waals surface area (Å²) in [5, 5.41) is 2.67. The normalized spacial score (nSPS) is 10.4. The number of ketones is 1. The predicted molar refractivity (Wildman–Crippen MR) is 95.0 cm³/mol. The van der Waals surface area contributed by atoms with Crippen molar-refractivity contribution in [3.8, 4) is 0 Å². The van der Waals surface area contributed by atoms with Gasteiger partial charge in [-0.2, -0.15) is 0 Å². The second kappa shape index (κ2) is 7.79. The molecule has 2 N–H and O–H groups in total. The summed E-state index contributed by atoms with van der Waals surface area (Å²) < 4.78 is 5.04. The molecule has 0 aliphatic carbocycles. The molecule has 0 radical (unpaired) electrons. The monoisotopic (exact) mass is 342 g/mol. The SMILES string of the molecule is CCc1ccc(NC(=O)COC(=O)c2[nH]c(C)c(C(C)=O)c2C)cc1. The molecule has 1 aromatic heterocycles. The minimum Gasteiger partial charge on any atom is -0.451 e. The lowest BCUT2D eigenvalue weighted by molar-refractivity contribution is -0.119. The Kier molecular flexibility index (Phi) is 5.75. The van der Waals surface area contributed by atoms with Crippen molar-refractivity contribution in [2.75, 3.05) is 11.9 Å². The zero-order chi connectivity index (χ0) is 18.6. The van der Waals surface area contributed by atoms with E-state index in [0.717, 1.165) is 6.42 Å². The number of H-pyrrole nitrogens is 1. The number of esters is 1. The first-order valence-electron chi connectivity index (χ1n) is 8.09. The van der Waals surface area contributed by atoms with E-state index in [1.807, 2.05) is 12.1 Å². The van der Waals surface area contributed by atoms with Crippen LogP contribution in [-0.2, 0) is 16.0 Å². The highest BCUT2D eigenvalue weighted by molar-refractivity contribution is 6.01. The van der Waals surface area contributed by atoms with Crippen molar-refractivity contribution in [1.29, 1.82) is 0 Å². The van der Waals surface area contributed by atoms with Gasteiger partial charge in [-0.15, -0.1) is 0 Å². The predicted octanol–water partition coefficient (Wildman–Crippen LogP) is 3.19. The lowest BCUT2D eigenvalue weighted by Gasteiger charge is -2.07. The van der Waals surface area contributed by atoms with E-state index in [9.17, 15) is 14.4 Å². The number of rotatable bonds is 6. The second-order valence-corrected chi connectivity index (χ2v) is 5.86. The third-order valence-electron chi connectivity index (χ3n) is 3.97. The van der Waals surface area contributed by atoms with E-state index in [4.69, 9.17) is 4.74 Å². The van der Waals surface area contributed by atoms with Gasteiger partial charge in [0.1, 0.15) is 5.69 Å². The van der Waals surface area contributed by atoms with Crippen LogP contribution in [0.25, 0.3) is 0 Å². The van der Waals surface area contributed by atoms with Gasteiger partial charge >= 0.3 is 5.97 Å². The summed E-state index contributed by atoms with van der Waals surface area (Å²) in [6.07, 6.45) is 0.920. The first-order valence-corrected chi connectivity index (χ1v) is 8.09. The van der Waals surface area contributed by atoms with E-state index in [0.29, 0.717) is 22.5 Å². The van der Waals surface area contributed by atoms with Crippen LogP contribution in [0, 0.1) is 13.8 Å². The van der Waals surface area contributed by atoms with Gasteiger partial charge in [0.25, 0.3) is 5.91 Å². The number of aromatic nitrogens is 1. The maximum atomic E-state index is 12.1. The fraction of sp³-hybridized carbons (Fsp3) is 0.316. The summed E-state index contributed by atoms with van der Waals surface area (Å²) in [5.41, 5.74) is 3.63. The molecule has 0 saturated carbocycles. The highest BCUT2D eigenvalue weighted by Crippen LogP contribution is 2.19. The molecule has 0 atom stereocenters. The maximum Gasteiger partial charge on any atom is 0.355 e. The number of nitrogens with one attached hydrogen (secondary N) is 2. The average molecular weight is 342 g/mol. The first-order chi connectivity index (χ1) is 11.8. The van der Waals surface area contributed by atoms with E-state index in [2.05, 4.69) is 17.2 Å². The zero-order valence-electron chi connectivity index (χ0n) is 14.9. The Morgan fingerprint density at radius 3 is 2.28 bits per heavy atom. The Morgan fingerprint density at radius 1 is 1.12 bits per heavy atom. The van der Waals surface area contributed by atoms with Gasteiger partial charge in [0, 0.05) is 16.9 Å². The number of hydrogen-bond donors (Lipinski definition) is 2. The molecular formula is C19H22N2O4. The molecule has 1 aromatic carbocycles. The Morgan fingerprint density at radius 2 is 1.76 bits per heavy atom. The van der Waals surface area contributed by atoms with Crippen LogP contribution in [0.5, 0.6) is 0 Å². The van der Waals surface area contributed by atoms with Crippen molar-refractivity contribution >= 4 is 23.3 Å². The van der Waals surface area contributed by atoms with Gasteiger partial charge in [0.15, 0.2) is 12.4 Å². The van der Waals surface area contributed by atoms with Crippen molar-refractivity contribution in [3.63, 3.8) is 0 Å². The van der Waals surface area contributed by atoms with Gasteiger partial charge in [0.05, 0.1) is 0 Å². The van der Waals surface area contributed by atoms with Gasteiger partial charge in [-0.05, 0) is 50.5 Å². The van der Waals surface area contributed by atoms with Crippen LogP contribution in [0.2, 0.25) is 0 Å². The molecule has 6 heteroatoms. The fourth-order valence-electron chi connectivity index (χ4n) is 2.71. The Balaban J connectivity index is 1.96. The molecule has 0 saturated heterocycles. The highest BCUT2D eigenvalue weighted by atomic mass is 16.5. The summed E-state index contributed by atoms with van der Waals surface area (Å²) in [6.45, 7) is 6.48. The molecule has 2 aromatic rings. The third-order valence-corrected chi connectivity index (χ3v) is 3.97. The number of carbonyl (C=O) groups is 3. The Bertz CT molecular complexity index is 804. The van der Waals surface area contributed by atoms with Gasteiger partial charge in [-0.1, -0.05) is 19.1 Å². The number of carbonyl (C=O) groups excluding carboxylic acids is 3. The van der Waals surface area contributed by atoms with Crippen LogP contribution < -0.4 is 5.32 Å². The molecule has 2 rings (SSSR count). The molecule has 1 amide bonds. The average Bonchev–Trinajstić information content (AvgIpc) is 2.88. The van der Waals surface area contributed by atoms with Crippen LogP contribution in [0.4, 0.5) is 5.69 Å². The Hall–Kier alpha value is -2.89. The molecule has 0 aliphatic rings. The van der Waals surface area contributed by atoms with Crippen LogP contribution in [0.3, 0.4) is 0 Å². The molecule has 0 bridgehead atoms. The summed E-state index contributed by atoms with van der Waals surface area (Å²) in [7, 11) is 0. The molecule has 0 spiro atoms. The maximum absolute atomic E-state index is 12.1. The molecule has 6 nitrogen and oxygen atoms in total. The van der Waals surface area contributed by atoms with Crippen LogP contribution in [0.1, 0.15) is 51.5 Å². The summed E-state index contributed by atoms with van der Waals surface area (Å²) in [6, 6.07) is 7.46. The number of aryl methyl sites for hydroxylation is 2. The van der Waals surface area contributed by atoms with E-state index < -0.39 is 18.5 Å². The second-order valence-electron chi connectivity index (χ2n) is 5.86. The molecule has 1 heterocycles. The minimum absolute atomic E-state index is 0.126. The molecule has 132 valence electrons. The lowest BCUT2D eigenvalue weighted by Crippen LogP contribution is -2.21. The van der Waals surface area contributed by atoms with Crippen LogP contribution in [0.15, 0.2) is 24.3 Å². The van der Waals surface area contributed by atoms with E-state index in [-0.39, 0.29) is 11.5 Å². The lowest BCUT2D eigenvalue weighted by atomic mass is 10.1. The summed E-state index contributed by atoms with van der Waals surface area (Å²) in [5.74, 6) is -1.21. The largest absolute Gasteiger partial charge is 0.451 e. The van der Waals surface area contributed by atoms with Gasteiger partial charge in [0.2, 0.25) is 0 Å². The Labute approximate surface area is 146 Å². The van der Waals surface area contributed by atoms with Crippen molar-refractivity contribution < 1.29 is 19.1 Å². The minimum atomic E-state index is -0.662. The zero-order valence-corrected chi connectivity index (χ0v) is 14.9. The number of amides is 1. The topological polar surface area (TPSA) is 88.3 Å². The van der Waals surface area contributed by atoms with Gasteiger partial charge in [-0.25, -0.2) is 4.79 Å². The van der Waals surface area contributed by atoms with E-state index in [1.165, 1.54) is 12.5 Å². The van der Waals surface area contributed by atoms with Gasteiger partial charge in [-0.3, -0.25) is 9.59 Å². The molecule has 0 aliphatic heterocycles. The number of benzene rings is 1. The number of aromatic amines is 1. The number of ether oxygens (including phenoxy) is 1. The van der Waals surface area contributed by atoms with Crippen LogP contribution >= 0.6 is 0 Å². The number of Topliss-reactive ketones (excluding diaryl/α,β-unsaturated/α-hetero) is 1. The van der Waals surface area contributed by atoms with E-state index in [1.54, 1.807) is 26.0 Å². The standard InChI is InChI=1S/C19H22N2O4/c1-5-14-6-8-15(9-7-14)21-16(23)10-25-19(24)18-11(2)17(13(4)22)12(3)20-18/h6-9,20H,5,10H2,1-4H3,(H,21,23). The molecule has 0 unspecified atom stereocenters. The van der Waals surface area contributed by atoms with E-state index >= 15 is 0 Å². The van der Waals surface area contributed by atoms with Crippen molar-refractivity contribution in [1.82, 2.24) is 4.98 Å². The first kappa shape index (κ1) is 18.4. The van der Waals surface area contributed by atoms with Crippen molar-refractivity contribution in [3.05, 3.63) is 52.3 Å². The number of hydrogen-bond acceptors (Lipinski definition) is 4. The third kappa shape index (κ3) is 4.35. The van der Waals surface area contributed by atoms with Gasteiger partial charge < -0.3 is 15.0 Å². The van der Waals surface area contributed by atoms with Crippen molar-refractivity contribution in [2.45, 2.75) is 34.1 Å². The van der Waals surface area contributed by atoms with Crippen LogP contribution in [-0.4, -0.2) is 29.3 Å². The smallest absolute Gasteiger partial charge is 0.355 e. The number of anilines is 1. The fourth-order valence-corrected chi connectivity index (χ4v) is 2.71. The molecule has 0 fully saturated rings. The van der Waals surface area contributed by atoms with Crippen molar-refractivity contribution in [2.24, 2.45) is 0 Å². The highest BCUT2D eigenvalue weighted by Gasteiger charge is 2.21. The summed E-state index contributed by atoms with van der Waals surface area (Å²) >= 11 is 0. The quantitative estimate of drug-likeness (QED) is 0.623. The molecular weight excluding hydrogens is 320 g/mol.